The normalized spacial score (nSPS) is 21.0. The molecule has 2 heterocycles. The van der Waals surface area contributed by atoms with Gasteiger partial charge in [-0.25, -0.2) is 0 Å². The summed E-state index contributed by atoms with van der Waals surface area (Å²) in [7, 11) is 1.52. The number of hydrogen-bond acceptors (Lipinski definition) is 7. The summed E-state index contributed by atoms with van der Waals surface area (Å²) in [4.78, 5) is 51.2. The Morgan fingerprint density at radius 1 is 1.28 bits per heavy atom. The van der Waals surface area contributed by atoms with Gasteiger partial charge in [0.15, 0.2) is 0 Å². The lowest BCUT2D eigenvalue weighted by atomic mass is 10.0. The Bertz CT molecular complexity index is 868. The standard InChI is InChI=1S/C20H22N2O6S/c1-28-15-8-3-2-6-13(15)12-16-18(24)22(20(27)29-16)11-9-17(23)21-10-5-4-7-14(21)19(25)26/h2-3,6,8,12,14H,4-5,7,9-11H2,1H3,(H,25,26)/p-1/b16-12-/t14-/m0/s1. The minimum absolute atomic E-state index is 0.0942. The van der Waals surface area contributed by atoms with Crippen molar-refractivity contribution in [1.82, 2.24) is 9.80 Å². The Morgan fingerprint density at radius 3 is 2.76 bits per heavy atom. The molecule has 0 radical (unpaired) electrons. The van der Waals surface area contributed by atoms with Gasteiger partial charge in [-0.1, -0.05) is 18.2 Å². The van der Waals surface area contributed by atoms with Crippen LogP contribution in [-0.4, -0.2) is 59.1 Å². The molecule has 9 heteroatoms. The number of hydrogen-bond donors (Lipinski definition) is 0. The van der Waals surface area contributed by atoms with Crippen LogP contribution in [0.3, 0.4) is 0 Å². The van der Waals surface area contributed by atoms with Gasteiger partial charge < -0.3 is 19.5 Å². The summed E-state index contributed by atoms with van der Waals surface area (Å²) in [5.74, 6) is -1.57. The molecule has 2 aliphatic rings. The second-order valence-corrected chi connectivity index (χ2v) is 7.74. The van der Waals surface area contributed by atoms with E-state index in [0.29, 0.717) is 24.3 Å². The van der Waals surface area contributed by atoms with E-state index < -0.39 is 29.1 Å². The number of nitrogens with zero attached hydrogens (tertiary/aromatic N) is 2. The van der Waals surface area contributed by atoms with Crippen molar-refractivity contribution >= 4 is 40.9 Å². The molecule has 8 nitrogen and oxygen atoms in total. The first-order valence-electron chi connectivity index (χ1n) is 9.31. The summed E-state index contributed by atoms with van der Waals surface area (Å²) in [5, 5.41) is 10.8. The second-order valence-electron chi connectivity index (χ2n) is 6.74. The fraction of sp³-hybridized carbons (Fsp3) is 0.400. The van der Waals surface area contributed by atoms with Crippen molar-refractivity contribution in [2.45, 2.75) is 31.7 Å². The van der Waals surface area contributed by atoms with Crippen LogP contribution < -0.4 is 9.84 Å². The van der Waals surface area contributed by atoms with Gasteiger partial charge in [-0.05, 0) is 43.2 Å². The second kappa shape index (κ2) is 9.13. The van der Waals surface area contributed by atoms with Crippen LogP contribution in [-0.2, 0) is 14.4 Å². The maximum Gasteiger partial charge on any atom is 0.293 e. The van der Waals surface area contributed by atoms with Gasteiger partial charge in [0.05, 0.1) is 24.0 Å². The number of benzene rings is 1. The van der Waals surface area contributed by atoms with E-state index in [1.807, 2.05) is 0 Å². The maximum atomic E-state index is 12.6. The molecule has 2 fully saturated rings. The van der Waals surface area contributed by atoms with Crippen LogP contribution in [0.5, 0.6) is 5.75 Å². The van der Waals surface area contributed by atoms with Crippen molar-refractivity contribution in [2.75, 3.05) is 20.2 Å². The molecule has 3 rings (SSSR count). The molecule has 0 bridgehead atoms. The van der Waals surface area contributed by atoms with Crippen molar-refractivity contribution in [3.05, 3.63) is 34.7 Å². The zero-order valence-electron chi connectivity index (χ0n) is 16.0. The Balaban J connectivity index is 1.67. The SMILES string of the molecule is COc1ccccc1/C=C1\SC(=O)N(CCC(=O)N2CCCC[C@H]2C(=O)[O-])C1=O. The van der Waals surface area contributed by atoms with Crippen LogP contribution in [0.15, 0.2) is 29.2 Å². The van der Waals surface area contributed by atoms with Crippen LogP contribution in [0, 0.1) is 0 Å². The number of carboxylic acids is 1. The van der Waals surface area contributed by atoms with Crippen LogP contribution in [0.4, 0.5) is 4.79 Å². The predicted molar refractivity (Wildman–Crippen MR) is 105 cm³/mol. The molecule has 29 heavy (non-hydrogen) atoms. The van der Waals surface area contributed by atoms with E-state index in [0.717, 1.165) is 29.5 Å². The number of imide groups is 1. The van der Waals surface area contributed by atoms with Gasteiger partial charge in [-0.2, -0.15) is 0 Å². The van der Waals surface area contributed by atoms with E-state index in [9.17, 15) is 24.3 Å². The first-order chi connectivity index (χ1) is 13.9. The molecular weight excluding hydrogens is 396 g/mol. The number of rotatable bonds is 6. The number of amides is 3. The van der Waals surface area contributed by atoms with Crippen molar-refractivity contribution < 1.29 is 29.0 Å². The molecule has 2 aliphatic heterocycles. The van der Waals surface area contributed by atoms with E-state index in [4.69, 9.17) is 4.74 Å². The summed E-state index contributed by atoms with van der Waals surface area (Å²) in [6.45, 7) is 0.246. The van der Waals surface area contributed by atoms with Gasteiger partial charge in [-0.3, -0.25) is 19.3 Å². The molecular formula is C20H21N2O6S-. The van der Waals surface area contributed by atoms with Crippen LogP contribution >= 0.6 is 11.8 Å². The smallest absolute Gasteiger partial charge is 0.293 e. The highest BCUT2D eigenvalue weighted by atomic mass is 32.2. The van der Waals surface area contributed by atoms with Crippen molar-refractivity contribution in [2.24, 2.45) is 0 Å². The highest BCUT2D eigenvalue weighted by Gasteiger charge is 2.36. The average Bonchev–Trinajstić information content (AvgIpc) is 2.99. The molecule has 0 aliphatic carbocycles. The highest BCUT2D eigenvalue weighted by molar-refractivity contribution is 8.18. The quantitative estimate of drug-likeness (QED) is 0.641. The summed E-state index contributed by atoms with van der Waals surface area (Å²) in [6, 6.07) is 6.17. The number of thioether (sulfide) groups is 1. The Hall–Kier alpha value is -2.81. The molecule has 1 aromatic carbocycles. The summed E-state index contributed by atoms with van der Waals surface area (Å²) in [6.07, 6.45) is 3.27. The first kappa shape index (κ1) is 20.9. The molecule has 0 saturated carbocycles. The van der Waals surface area contributed by atoms with E-state index in [1.54, 1.807) is 30.3 Å². The average molecular weight is 417 g/mol. The third-order valence-electron chi connectivity index (χ3n) is 4.94. The molecule has 0 unspecified atom stereocenters. The fourth-order valence-electron chi connectivity index (χ4n) is 3.45. The van der Waals surface area contributed by atoms with Crippen LogP contribution in [0.2, 0.25) is 0 Å². The topological polar surface area (TPSA) is 107 Å². The van der Waals surface area contributed by atoms with Crippen LogP contribution in [0.25, 0.3) is 6.08 Å². The van der Waals surface area contributed by atoms with Gasteiger partial charge in [0.2, 0.25) is 5.91 Å². The van der Waals surface area contributed by atoms with Gasteiger partial charge in [-0.15, -0.1) is 0 Å². The number of piperidine rings is 1. The number of methoxy groups -OCH3 is 1. The van der Waals surface area contributed by atoms with E-state index in [-0.39, 0.29) is 17.9 Å². The lowest BCUT2D eigenvalue weighted by Gasteiger charge is -2.36. The predicted octanol–water partition coefficient (Wildman–Crippen LogP) is 1.25. The number of carbonyl (C=O) groups excluding carboxylic acids is 4. The number of aliphatic carboxylic acids is 1. The largest absolute Gasteiger partial charge is 0.548 e. The molecule has 0 aromatic heterocycles. The fourth-order valence-corrected chi connectivity index (χ4v) is 4.30. The zero-order chi connectivity index (χ0) is 21.0. The molecule has 0 N–H and O–H groups in total. The lowest BCUT2D eigenvalue weighted by Crippen LogP contribution is -2.53. The van der Waals surface area contributed by atoms with Gasteiger partial charge in [0.1, 0.15) is 5.75 Å². The molecule has 2 saturated heterocycles. The molecule has 154 valence electrons. The molecule has 0 spiro atoms. The third kappa shape index (κ3) is 4.61. The number of ether oxygens (including phenoxy) is 1. The molecule has 3 amide bonds. The first-order valence-corrected chi connectivity index (χ1v) is 10.1. The van der Waals surface area contributed by atoms with Gasteiger partial charge in [0.25, 0.3) is 11.1 Å². The summed E-state index contributed by atoms with van der Waals surface area (Å²) < 4.78 is 5.25. The zero-order valence-corrected chi connectivity index (χ0v) is 16.8. The molecule has 1 aromatic rings. The minimum Gasteiger partial charge on any atom is -0.548 e. The Labute approximate surface area is 172 Å². The monoisotopic (exact) mass is 417 g/mol. The summed E-state index contributed by atoms with van der Waals surface area (Å²) in [5.41, 5.74) is 0.668. The van der Waals surface area contributed by atoms with E-state index in [2.05, 4.69) is 0 Å². The third-order valence-corrected chi connectivity index (χ3v) is 5.85. The van der Waals surface area contributed by atoms with Crippen molar-refractivity contribution in [3.63, 3.8) is 0 Å². The Morgan fingerprint density at radius 2 is 2.03 bits per heavy atom. The number of carbonyl (C=O) groups is 4. The minimum atomic E-state index is -1.27. The maximum absolute atomic E-state index is 12.6. The number of likely N-dealkylation sites (tertiary alicyclic amines) is 1. The molecule has 1 atom stereocenters. The summed E-state index contributed by atoms with van der Waals surface area (Å²) >= 11 is 0.802. The van der Waals surface area contributed by atoms with Crippen molar-refractivity contribution in [3.8, 4) is 5.75 Å². The van der Waals surface area contributed by atoms with Gasteiger partial charge in [0, 0.05) is 25.1 Å². The van der Waals surface area contributed by atoms with Crippen LogP contribution in [0.1, 0.15) is 31.2 Å². The lowest BCUT2D eigenvalue weighted by molar-refractivity contribution is -0.312. The number of carboxylic acid groups (broad SMARTS) is 1. The number of para-hydroxylation sites is 1. The van der Waals surface area contributed by atoms with Gasteiger partial charge >= 0.3 is 0 Å². The van der Waals surface area contributed by atoms with Crippen molar-refractivity contribution in [1.29, 1.82) is 0 Å². The van der Waals surface area contributed by atoms with E-state index in [1.165, 1.54) is 12.0 Å². The highest BCUT2D eigenvalue weighted by Crippen LogP contribution is 2.34. The van der Waals surface area contributed by atoms with E-state index >= 15 is 0 Å². The Kier molecular flexibility index (Phi) is 6.58.